The quantitative estimate of drug-likeness (QED) is 0.844. The maximum atomic E-state index is 11.8. The summed E-state index contributed by atoms with van der Waals surface area (Å²) in [5, 5.41) is 0. The number of pyridine rings is 1. The highest BCUT2D eigenvalue weighted by Crippen LogP contribution is 2.21. The van der Waals surface area contributed by atoms with Crippen molar-refractivity contribution in [3.63, 3.8) is 0 Å². The monoisotopic (exact) mass is 293 g/mol. The predicted octanol–water partition coefficient (Wildman–Crippen LogP) is 0.549. The topological polar surface area (TPSA) is 99.1 Å². The number of hydrogen-bond acceptors (Lipinski definition) is 5. The lowest BCUT2D eigenvalue weighted by atomic mass is 10.5. The van der Waals surface area contributed by atoms with Crippen LogP contribution in [0.25, 0.3) is 0 Å². The molecule has 0 fully saturated rings. The highest BCUT2D eigenvalue weighted by atomic mass is 79.9. The van der Waals surface area contributed by atoms with Crippen LogP contribution in [-0.2, 0) is 9.84 Å². The molecule has 0 bridgehead atoms. The predicted molar refractivity (Wildman–Crippen MR) is 62.1 cm³/mol. The van der Waals surface area contributed by atoms with E-state index >= 15 is 0 Å². The fourth-order valence-electron chi connectivity index (χ4n) is 1.06. The van der Waals surface area contributed by atoms with Gasteiger partial charge in [-0.15, -0.1) is 0 Å². The van der Waals surface area contributed by atoms with Crippen LogP contribution in [-0.4, -0.2) is 25.7 Å². The molecule has 0 radical (unpaired) electrons. The minimum absolute atomic E-state index is 0.00810. The first-order valence-corrected chi connectivity index (χ1v) is 6.76. The molecule has 84 valence electrons. The molecule has 0 amide bonds. The van der Waals surface area contributed by atoms with Gasteiger partial charge in [-0.05, 0) is 35.0 Å². The van der Waals surface area contributed by atoms with E-state index in [4.69, 9.17) is 11.5 Å². The molecule has 0 atom stereocenters. The average molecular weight is 294 g/mol. The lowest BCUT2D eigenvalue weighted by molar-refractivity contribution is 0.593. The van der Waals surface area contributed by atoms with Crippen molar-refractivity contribution >= 4 is 31.6 Å². The molecular formula is C8H12BrN3O2S. The number of aromatic nitrogens is 1. The molecule has 0 saturated heterocycles. The van der Waals surface area contributed by atoms with Gasteiger partial charge in [0.1, 0.15) is 10.7 Å². The van der Waals surface area contributed by atoms with Gasteiger partial charge in [0.15, 0.2) is 9.84 Å². The number of rotatable bonds is 4. The van der Waals surface area contributed by atoms with E-state index in [2.05, 4.69) is 20.9 Å². The van der Waals surface area contributed by atoms with Crippen molar-refractivity contribution in [3.05, 3.63) is 16.7 Å². The minimum atomic E-state index is -3.37. The maximum Gasteiger partial charge on any atom is 0.182 e. The van der Waals surface area contributed by atoms with E-state index in [1.54, 1.807) is 0 Å². The Morgan fingerprint density at radius 3 is 2.73 bits per heavy atom. The molecular weight excluding hydrogens is 282 g/mol. The van der Waals surface area contributed by atoms with E-state index in [1.807, 2.05) is 0 Å². The number of nitrogens with two attached hydrogens (primary N) is 2. The molecule has 1 aromatic rings. The molecule has 0 aliphatic rings. The summed E-state index contributed by atoms with van der Waals surface area (Å²) in [7, 11) is -3.37. The molecule has 4 N–H and O–H groups in total. The molecule has 1 heterocycles. The normalized spacial score (nSPS) is 11.6. The highest BCUT2D eigenvalue weighted by molar-refractivity contribution is 9.10. The van der Waals surface area contributed by atoms with Crippen molar-refractivity contribution in [1.82, 2.24) is 4.98 Å². The zero-order chi connectivity index (χ0) is 11.5. The Labute approximate surface area is 96.9 Å². The first-order valence-electron chi connectivity index (χ1n) is 4.31. The second kappa shape index (κ2) is 4.91. The van der Waals surface area contributed by atoms with Crippen molar-refractivity contribution in [1.29, 1.82) is 0 Å². The van der Waals surface area contributed by atoms with Gasteiger partial charge >= 0.3 is 0 Å². The van der Waals surface area contributed by atoms with E-state index in [1.165, 1.54) is 12.3 Å². The third kappa shape index (κ3) is 3.15. The molecule has 15 heavy (non-hydrogen) atoms. The molecule has 0 spiro atoms. The Balaban J connectivity index is 3.09. The van der Waals surface area contributed by atoms with E-state index in [-0.39, 0.29) is 16.5 Å². The Kier molecular flexibility index (Phi) is 4.06. The van der Waals surface area contributed by atoms with E-state index in [0.717, 1.165) is 0 Å². The minimum Gasteiger partial charge on any atom is -0.383 e. The molecule has 0 unspecified atom stereocenters. The first kappa shape index (κ1) is 12.4. The summed E-state index contributed by atoms with van der Waals surface area (Å²) < 4.78 is 24.1. The van der Waals surface area contributed by atoms with Gasteiger partial charge in [-0.25, -0.2) is 13.4 Å². The molecule has 5 nitrogen and oxygen atoms in total. The van der Waals surface area contributed by atoms with Gasteiger partial charge in [0.25, 0.3) is 0 Å². The number of nitrogens with zero attached hydrogens (tertiary/aromatic N) is 1. The molecule has 0 aliphatic heterocycles. The Hall–Kier alpha value is -0.660. The number of nitrogen functional groups attached to an aromatic ring is 1. The van der Waals surface area contributed by atoms with Gasteiger partial charge in [0.05, 0.1) is 5.75 Å². The molecule has 0 aliphatic carbocycles. The first-order chi connectivity index (χ1) is 6.97. The standard InChI is InChI=1S/C8H12BrN3O2S/c9-6-4-7(8(11)12-5-6)15(13,14)3-1-2-10/h4-5H,1-3,10H2,(H2,11,12). The zero-order valence-corrected chi connectivity index (χ0v) is 10.4. The number of hydrogen-bond donors (Lipinski definition) is 2. The highest BCUT2D eigenvalue weighted by Gasteiger charge is 2.18. The van der Waals surface area contributed by atoms with Gasteiger partial charge in [-0.2, -0.15) is 0 Å². The lowest BCUT2D eigenvalue weighted by Gasteiger charge is -2.06. The largest absolute Gasteiger partial charge is 0.383 e. The summed E-state index contributed by atoms with van der Waals surface area (Å²) in [5.41, 5.74) is 10.8. The molecule has 0 aromatic carbocycles. The second-order valence-electron chi connectivity index (χ2n) is 3.00. The van der Waals surface area contributed by atoms with Crippen LogP contribution < -0.4 is 11.5 Å². The van der Waals surface area contributed by atoms with Crippen LogP contribution in [0.3, 0.4) is 0 Å². The third-order valence-electron chi connectivity index (χ3n) is 1.80. The summed E-state index contributed by atoms with van der Waals surface area (Å²) in [6.45, 7) is 0.334. The van der Waals surface area contributed by atoms with Crippen LogP contribution in [0, 0.1) is 0 Å². The SMILES string of the molecule is NCCCS(=O)(=O)c1cc(Br)cnc1N. The fourth-order valence-corrected chi connectivity index (χ4v) is 2.99. The van der Waals surface area contributed by atoms with Crippen molar-refractivity contribution in [3.8, 4) is 0 Å². The van der Waals surface area contributed by atoms with Crippen molar-refractivity contribution in [2.24, 2.45) is 5.73 Å². The van der Waals surface area contributed by atoms with Crippen LogP contribution in [0.15, 0.2) is 21.6 Å². The van der Waals surface area contributed by atoms with Gasteiger partial charge in [0, 0.05) is 10.7 Å². The van der Waals surface area contributed by atoms with Crippen LogP contribution in [0.2, 0.25) is 0 Å². The fraction of sp³-hybridized carbons (Fsp3) is 0.375. The van der Waals surface area contributed by atoms with Crippen molar-refractivity contribution < 1.29 is 8.42 Å². The third-order valence-corrected chi connectivity index (χ3v) is 4.06. The van der Waals surface area contributed by atoms with Crippen molar-refractivity contribution in [2.75, 3.05) is 18.0 Å². The van der Waals surface area contributed by atoms with Gasteiger partial charge in [-0.1, -0.05) is 0 Å². The number of anilines is 1. The molecule has 7 heteroatoms. The summed E-state index contributed by atoms with van der Waals surface area (Å²) in [6, 6.07) is 1.45. The van der Waals surface area contributed by atoms with Gasteiger partial charge < -0.3 is 11.5 Å². The Bertz CT molecular complexity index is 447. The van der Waals surface area contributed by atoms with Crippen LogP contribution in [0.4, 0.5) is 5.82 Å². The number of sulfone groups is 1. The summed E-state index contributed by atoms with van der Waals surface area (Å²) in [6.07, 6.45) is 1.87. The van der Waals surface area contributed by atoms with Crippen LogP contribution >= 0.6 is 15.9 Å². The Morgan fingerprint density at radius 1 is 1.47 bits per heavy atom. The summed E-state index contributed by atoms with van der Waals surface area (Å²) >= 11 is 3.15. The summed E-state index contributed by atoms with van der Waals surface area (Å²) in [5.74, 6) is 0.0153. The van der Waals surface area contributed by atoms with Crippen LogP contribution in [0.5, 0.6) is 0 Å². The molecule has 0 saturated carbocycles. The molecule has 1 aromatic heterocycles. The van der Waals surface area contributed by atoms with E-state index in [0.29, 0.717) is 17.4 Å². The van der Waals surface area contributed by atoms with Gasteiger partial charge in [0.2, 0.25) is 0 Å². The Morgan fingerprint density at radius 2 is 2.13 bits per heavy atom. The zero-order valence-electron chi connectivity index (χ0n) is 7.98. The lowest BCUT2D eigenvalue weighted by Crippen LogP contribution is -2.13. The van der Waals surface area contributed by atoms with E-state index < -0.39 is 9.84 Å². The second-order valence-corrected chi connectivity index (χ2v) is 5.99. The van der Waals surface area contributed by atoms with Gasteiger partial charge in [-0.3, -0.25) is 0 Å². The number of halogens is 1. The van der Waals surface area contributed by atoms with E-state index in [9.17, 15) is 8.42 Å². The average Bonchev–Trinajstić information content (AvgIpc) is 2.18. The maximum absolute atomic E-state index is 11.8. The van der Waals surface area contributed by atoms with Crippen LogP contribution in [0.1, 0.15) is 6.42 Å². The van der Waals surface area contributed by atoms with Crippen molar-refractivity contribution in [2.45, 2.75) is 11.3 Å². The summed E-state index contributed by atoms with van der Waals surface area (Å²) in [4.78, 5) is 3.83. The molecule has 1 rings (SSSR count). The smallest absolute Gasteiger partial charge is 0.182 e.